The van der Waals surface area contributed by atoms with E-state index in [4.69, 9.17) is 0 Å². The second-order valence-corrected chi connectivity index (χ2v) is 3.95. The molecule has 0 atom stereocenters. The highest BCUT2D eigenvalue weighted by molar-refractivity contribution is 7.83. The molecule has 1 heterocycles. The lowest BCUT2D eigenvalue weighted by Gasteiger charge is -2.20. The fraction of sp³-hybridized carbons (Fsp3) is 0.200. The third kappa shape index (κ3) is 1.71. The van der Waals surface area contributed by atoms with Crippen molar-refractivity contribution in [3.05, 3.63) is 30.4 Å². The van der Waals surface area contributed by atoms with Crippen molar-refractivity contribution in [3.8, 4) is 0 Å². The first-order valence-corrected chi connectivity index (χ1v) is 5.09. The minimum atomic E-state index is 0.938. The van der Waals surface area contributed by atoms with E-state index in [1.54, 1.807) is 0 Å². The first-order chi connectivity index (χ1) is 6.29. The number of rotatable bonds is 1. The molecule has 0 fully saturated rings. The van der Waals surface area contributed by atoms with Gasteiger partial charge in [-0.2, -0.15) is 0 Å². The molecule has 68 valence electrons. The van der Waals surface area contributed by atoms with Crippen molar-refractivity contribution in [2.75, 3.05) is 18.0 Å². The SMILES string of the molecule is Sc1cccc(N2CC=CC2)c1S. The van der Waals surface area contributed by atoms with Crippen molar-refractivity contribution < 1.29 is 0 Å². The van der Waals surface area contributed by atoms with E-state index in [1.807, 2.05) is 12.1 Å². The maximum Gasteiger partial charge on any atom is 0.0518 e. The summed E-state index contributed by atoms with van der Waals surface area (Å²) >= 11 is 8.78. The van der Waals surface area contributed by atoms with Gasteiger partial charge in [0.2, 0.25) is 0 Å². The molecule has 0 bridgehead atoms. The molecule has 13 heavy (non-hydrogen) atoms. The molecule has 1 aromatic rings. The fourth-order valence-electron chi connectivity index (χ4n) is 1.45. The van der Waals surface area contributed by atoms with Gasteiger partial charge in [0.25, 0.3) is 0 Å². The molecular formula is C10H11NS2. The van der Waals surface area contributed by atoms with Gasteiger partial charge in [0.05, 0.1) is 5.69 Å². The molecule has 0 saturated heterocycles. The summed E-state index contributed by atoms with van der Waals surface area (Å²) in [6.07, 6.45) is 4.33. The van der Waals surface area contributed by atoms with Crippen molar-refractivity contribution in [1.29, 1.82) is 0 Å². The maximum absolute atomic E-state index is 4.44. The van der Waals surface area contributed by atoms with Crippen LogP contribution in [0.4, 0.5) is 5.69 Å². The zero-order valence-electron chi connectivity index (χ0n) is 7.14. The van der Waals surface area contributed by atoms with Gasteiger partial charge in [-0.25, -0.2) is 0 Å². The molecule has 0 amide bonds. The van der Waals surface area contributed by atoms with Crippen molar-refractivity contribution in [2.45, 2.75) is 9.79 Å². The summed E-state index contributed by atoms with van der Waals surface area (Å²) in [4.78, 5) is 4.17. The Morgan fingerprint density at radius 3 is 2.46 bits per heavy atom. The summed E-state index contributed by atoms with van der Waals surface area (Å²) in [5, 5.41) is 0. The summed E-state index contributed by atoms with van der Waals surface area (Å²) in [6, 6.07) is 6.04. The van der Waals surface area contributed by atoms with Crippen LogP contribution in [-0.4, -0.2) is 13.1 Å². The zero-order valence-corrected chi connectivity index (χ0v) is 8.93. The van der Waals surface area contributed by atoms with Gasteiger partial charge in [-0.1, -0.05) is 18.2 Å². The highest BCUT2D eigenvalue weighted by Crippen LogP contribution is 2.30. The Kier molecular flexibility index (Phi) is 2.56. The molecular weight excluding hydrogens is 198 g/mol. The normalized spacial score (nSPS) is 15.4. The summed E-state index contributed by atoms with van der Waals surface area (Å²) in [7, 11) is 0. The molecule has 0 saturated carbocycles. The summed E-state index contributed by atoms with van der Waals surface area (Å²) < 4.78 is 0. The molecule has 3 heteroatoms. The van der Waals surface area contributed by atoms with Crippen LogP contribution in [0.15, 0.2) is 40.1 Å². The Bertz CT molecular complexity index is 339. The second kappa shape index (κ2) is 3.68. The van der Waals surface area contributed by atoms with Crippen LogP contribution in [0.25, 0.3) is 0 Å². The van der Waals surface area contributed by atoms with Crippen LogP contribution in [0.5, 0.6) is 0 Å². The Labute approximate surface area is 89.3 Å². The van der Waals surface area contributed by atoms with Crippen molar-refractivity contribution in [1.82, 2.24) is 0 Å². The summed E-state index contributed by atoms with van der Waals surface area (Å²) in [6.45, 7) is 1.95. The zero-order chi connectivity index (χ0) is 9.26. The molecule has 2 rings (SSSR count). The van der Waals surface area contributed by atoms with E-state index >= 15 is 0 Å². The second-order valence-electron chi connectivity index (χ2n) is 3.02. The highest BCUT2D eigenvalue weighted by Gasteiger charge is 2.11. The molecule has 1 aliphatic heterocycles. The lowest BCUT2D eigenvalue weighted by Crippen LogP contribution is -2.18. The van der Waals surface area contributed by atoms with Crippen molar-refractivity contribution in [2.24, 2.45) is 0 Å². The summed E-state index contributed by atoms with van der Waals surface area (Å²) in [5.74, 6) is 0. The third-order valence-corrected chi connectivity index (χ3v) is 3.17. The van der Waals surface area contributed by atoms with E-state index in [0.29, 0.717) is 0 Å². The average Bonchev–Trinajstić information content (AvgIpc) is 2.62. The number of hydrogen-bond donors (Lipinski definition) is 2. The molecule has 1 nitrogen and oxygen atoms in total. The van der Waals surface area contributed by atoms with Gasteiger partial charge in [-0.3, -0.25) is 0 Å². The van der Waals surface area contributed by atoms with E-state index in [0.717, 1.165) is 22.9 Å². The van der Waals surface area contributed by atoms with E-state index in [9.17, 15) is 0 Å². The van der Waals surface area contributed by atoms with Gasteiger partial charge >= 0.3 is 0 Å². The molecule has 1 aliphatic rings. The predicted octanol–water partition coefficient (Wildman–Crippen LogP) is 2.64. The number of benzene rings is 1. The largest absolute Gasteiger partial charge is 0.363 e. The Morgan fingerprint density at radius 1 is 1.08 bits per heavy atom. The summed E-state index contributed by atoms with van der Waals surface area (Å²) in [5.41, 5.74) is 1.17. The van der Waals surface area contributed by atoms with E-state index in [-0.39, 0.29) is 0 Å². The fourth-order valence-corrected chi connectivity index (χ4v) is 1.94. The minimum absolute atomic E-state index is 0.938. The van der Waals surface area contributed by atoms with Gasteiger partial charge < -0.3 is 4.90 Å². The van der Waals surface area contributed by atoms with E-state index in [1.165, 1.54) is 5.69 Å². The number of nitrogens with zero attached hydrogens (tertiary/aromatic N) is 1. The third-order valence-electron chi connectivity index (χ3n) is 2.15. The predicted molar refractivity (Wildman–Crippen MR) is 62.3 cm³/mol. The molecule has 0 unspecified atom stereocenters. The first kappa shape index (κ1) is 9.03. The highest BCUT2D eigenvalue weighted by atomic mass is 32.1. The van der Waals surface area contributed by atoms with Crippen LogP contribution >= 0.6 is 25.3 Å². The monoisotopic (exact) mass is 209 g/mol. The van der Waals surface area contributed by atoms with Gasteiger partial charge in [-0.15, -0.1) is 25.3 Å². The smallest absolute Gasteiger partial charge is 0.0518 e. The molecule has 1 aromatic carbocycles. The molecule has 0 spiro atoms. The van der Waals surface area contributed by atoms with Gasteiger partial charge in [-0.05, 0) is 12.1 Å². The topological polar surface area (TPSA) is 3.24 Å². The van der Waals surface area contributed by atoms with Gasteiger partial charge in [0, 0.05) is 22.9 Å². The lowest BCUT2D eigenvalue weighted by molar-refractivity contribution is 0.975. The molecule has 0 N–H and O–H groups in total. The lowest BCUT2D eigenvalue weighted by atomic mass is 10.3. The maximum atomic E-state index is 4.44. The molecule has 0 aliphatic carbocycles. The van der Waals surface area contributed by atoms with E-state index in [2.05, 4.69) is 48.4 Å². The number of hydrogen-bond acceptors (Lipinski definition) is 3. The van der Waals surface area contributed by atoms with Gasteiger partial charge in [0.15, 0.2) is 0 Å². The van der Waals surface area contributed by atoms with E-state index < -0.39 is 0 Å². The van der Waals surface area contributed by atoms with Crippen LogP contribution < -0.4 is 4.90 Å². The first-order valence-electron chi connectivity index (χ1n) is 4.20. The van der Waals surface area contributed by atoms with Crippen LogP contribution in [0, 0.1) is 0 Å². The van der Waals surface area contributed by atoms with Crippen molar-refractivity contribution in [3.63, 3.8) is 0 Å². The van der Waals surface area contributed by atoms with Crippen LogP contribution in [0.2, 0.25) is 0 Å². The van der Waals surface area contributed by atoms with Crippen molar-refractivity contribution >= 4 is 30.9 Å². The Morgan fingerprint density at radius 2 is 1.77 bits per heavy atom. The standard InChI is InChI=1S/C10H11NS2/c12-9-5-3-4-8(10(9)13)11-6-1-2-7-11/h1-5,12-13H,6-7H2. The average molecular weight is 209 g/mol. The van der Waals surface area contributed by atoms with Gasteiger partial charge in [0.1, 0.15) is 0 Å². The minimum Gasteiger partial charge on any atom is -0.363 e. The quantitative estimate of drug-likeness (QED) is 0.531. The Balaban J connectivity index is 2.34. The number of anilines is 1. The van der Waals surface area contributed by atoms with Crippen LogP contribution in [-0.2, 0) is 0 Å². The van der Waals surface area contributed by atoms with Crippen LogP contribution in [0.3, 0.4) is 0 Å². The van der Waals surface area contributed by atoms with Crippen LogP contribution in [0.1, 0.15) is 0 Å². The molecule has 0 aromatic heterocycles. The molecule has 0 radical (unpaired) electrons. The number of thiol groups is 2. The Hall–Kier alpha value is -0.540.